The summed E-state index contributed by atoms with van der Waals surface area (Å²) < 4.78 is 1.34. The number of nitrogens with one attached hydrogen (secondary N) is 1. The third-order valence-electron chi connectivity index (χ3n) is 4.70. The maximum atomic E-state index is 12.5. The van der Waals surface area contributed by atoms with Gasteiger partial charge in [-0.05, 0) is 30.4 Å². The summed E-state index contributed by atoms with van der Waals surface area (Å²) in [5.74, 6) is 0.286. The minimum Gasteiger partial charge on any atom is -0.348 e. The first-order valence-electron chi connectivity index (χ1n) is 8.56. The molecule has 1 aromatic carbocycles. The van der Waals surface area contributed by atoms with E-state index in [0.717, 1.165) is 24.8 Å². The molecule has 2 unspecified atom stereocenters. The zero-order valence-corrected chi connectivity index (χ0v) is 13.9. The molecule has 5 heteroatoms. The molecule has 1 saturated carbocycles. The molecule has 1 aliphatic carbocycles. The summed E-state index contributed by atoms with van der Waals surface area (Å²) >= 11 is 0. The van der Waals surface area contributed by atoms with E-state index < -0.39 is 0 Å². The molecule has 1 fully saturated rings. The third-order valence-corrected chi connectivity index (χ3v) is 4.70. The van der Waals surface area contributed by atoms with E-state index in [1.165, 1.54) is 23.2 Å². The molecule has 0 bridgehead atoms. The van der Waals surface area contributed by atoms with Crippen molar-refractivity contribution in [3.8, 4) is 0 Å². The maximum absolute atomic E-state index is 12.5. The van der Waals surface area contributed by atoms with Gasteiger partial charge in [-0.25, -0.2) is 4.68 Å². The minimum atomic E-state index is -0.207. The third kappa shape index (κ3) is 3.91. The van der Waals surface area contributed by atoms with E-state index in [-0.39, 0.29) is 17.5 Å². The van der Waals surface area contributed by atoms with E-state index in [1.807, 2.05) is 30.3 Å². The smallest absolute Gasteiger partial charge is 0.271 e. The van der Waals surface area contributed by atoms with E-state index in [0.29, 0.717) is 18.2 Å². The van der Waals surface area contributed by atoms with E-state index in [9.17, 15) is 9.59 Å². The monoisotopic (exact) mass is 325 g/mol. The molecule has 5 nitrogen and oxygen atoms in total. The van der Waals surface area contributed by atoms with Crippen molar-refractivity contribution >= 4 is 5.91 Å². The molecule has 1 amide bonds. The van der Waals surface area contributed by atoms with Crippen LogP contribution in [0, 0.1) is 5.92 Å². The Morgan fingerprint density at radius 2 is 1.92 bits per heavy atom. The molecule has 0 saturated heterocycles. The number of carbonyl (C=O) groups is 1. The Morgan fingerprint density at radius 1 is 1.17 bits per heavy atom. The Bertz CT molecular complexity index is 755. The minimum absolute atomic E-state index is 0.197. The van der Waals surface area contributed by atoms with Crippen LogP contribution in [0.2, 0.25) is 0 Å². The van der Waals surface area contributed by atoms with Crippen molar-refractivity contribution in [2.75, 3.05) is 0 Å². The quantitative estimate of drug-likeness (QED) is 0.940. The summed E-state index contributed by atoms with van der Waals surface area (Å²) in [7, 11) is 0. The lowest BCUT2D eigenvalue weighted by Gasteiger charge is -2.29. The maximum Gasteiger partial charge on any atom is 0.271 e. The number of amides is 1. The first-order chi connectivity index (χ1) is 11.6. The van der Waals surface area contributed by atoms with Gasteiger partial charge in [0, 0.05) is 12.1 Å². The van der Waals surface area contributed by atoms with Crippen molar-refractivity contribution in [1.29, 1.82) is 0 Å². The lowest BCUT2D eigenvalue weighted by molar-refractivity contribution is 0.0902. The van der Waals surface area contributed by atoms with Crippen LogP contribution in [0.5, 0.6) is 0 Å². The number of hydrogen-bond donors (Lipinski definition) is 1. The molecule has 126 valence electrons. The molecule has 0 aliphatic heterocycles. The highest BCUT2D eigenvalue weighted by molar-refractivity contribution is 5.92. The fourth-order valence-electron chi connectivity index (χ4n) is 3.21. The largest absolute Gasteiger partial charge is 0.348 e. The van der Waals surface area contributed by atoms with Crippen LogP contribution in [-0.2, 0) is 6.54 Å². The molecule has 2 atom stereocenters. The van der Waals surface area contributed by atoms with Crippen LogP contribution in [0.25, 0.3) is 0 Å². The number of hydrogen-bond acceptors (Lipinski definition) is 3. The lowest BCUT2D eigenvalue weighted by Crippen LogP contribution is -2.42. The zero-order valence-electron chi connectivity index (χ0n) is 13.9. The SMILES string of the molecule is CC1CCCCC1NC(=O)c1ccc(=O)n(Cc2ccccc2)n1. The van der Waals surface area contributed by atoms with E-state index in [2.05, 4.69) is 17.3 Å². The van der Waals surface area contributed by atoms with Gasteiger partial charge in [0.05, 0.1) is 6.54 Å². The summed E-state index contributed by atoms with van der Waals surface area (Å²) in [6.45, 7) is 2.54. The molecular formula is C19H23N3O2. The molecule has 2 aromatic rings. The van der Waals surface area contributed by atoms with Crippen molar-refractivity contribution in [1.82, 2.24) is 15.1 Å². The molecule has 1 heterocycles. The topological polar surface area (TPSA) is 64.0 Å². The Kier molecular flexibility index (Phi) is 5.08. The number of rotatable bonds is 4. The zero-order chi connectivity index (χ0) is 16.9. The normalized spacial score (nSPS) is 20.5. The van der Waals surface area contributed by atoms with Crippen LogP contribution < -0.4 is 10.9 Å². The predicted octanol–water partition coefficient (Wildman–Crippen LogP) is 2.60. The van der Waals surface area contributed by atoms with Crippen LogP contribution in [0.1, 0.15) is 48.7 Å². The van der Waals surface area contributed by atoms with Crippen molar-refractivity contribution in [3.05, 3.63) is 64.1 Å². The standard InChI is InChI=1S/C19H23N3O2/c1-14-7-5-6-10-16(14)20-19(24)17-11-12-18(23)22(21-17)13-15-8-3-2-4-9-15/h2-4,8-9,11-12,14,16H,5-7,10,13H2,1H3,(H,20,24). The number of nitrogens with zero attached hydrogens (tertiary/aromatic N) is 2. The second-order valence-electron chi connectivity index (χ2n) is 6.54. The Labute approximate surface area is 141 Å². The van der Waals surface area contributed by atoms with Crippen molar-refractivity contribution in [2.24, 2.45) is 5.92 Å². The predicted molar refractivity (Wildman–Crippen MR) is 92.9 cm³/mol. The molecule has 0 radical (unpaired) electrons. The first kappa shape index (κ1) is 16.4. The summed E-state index contributed by atoms with van der Waals surface area (Å²) in [5.41, 5.74) is 1.07. The second kappa shape index (κ2) is 7.43. The van der Waals surface area contributed by atoms with Crippen molar-refractivity contribution in [3.63, 3.8) is 0 Å². The fourth-order valence-corrected chi connectivity index (χ4v) is 3.21. The van der Waals surface area contributed by atoms with Crippen LogP contribution in [0.15, 0.2) is 47.3 Å². The number of benzene rings is 1. The molecule has 1 N–H and O–H groups in total. The Morgan fingerprint density at radius 3 is 2.67 bits per heavy atom. The molecule has 24 heavy (non-hydrogen) atoms. The molecule has 1 aromatic heterocycles. The van der Waals surface area contributed by atoms with Gasteiger partial charge in [-0.2, -0.15) is 5.10 Å². The summed E-state index contributed by atoms with van der Waals surface area (Å²) in [4.78, 5) is 24.5. The summed E-state index contributed by atoms with van der Waals surface area (Å²) in [6.07, 6.45) is 4.53. The molecule has 3 rings (SSSR count). The van der Waals surface area contributed by atoms with E-state index >= 15 is 0 Å². The van der Waals surface area contributed by atoms with Gasteiger partial charge in [-0.1, -0.05) is 50.1 Å². The van der Waals surface area contributed by atoms with E-state index in [4.69, 9.17) is 0 Å². The van der Waals surface area contributed by atoms with Gasteiger partial charge in [0.1, 0.15) is 5.69 Å². The van der Waals surface area contributed by atoms with E-state index in [1.54, 1.807) is 0 Å². The fraction of sp³-hybridized carbons (Fsp3) is 0.421. The highest BCUT2D eigenvalue weighted by Gasteiger charge is 2.23. The second-order valence-corrected chi connectivity index (χ2v) is 6.54. The highest BCUT2D eigenvalue weighted by Crippen LogP contribution is 2.23. The van der Waals surface area contributed by atoms with Gasteiger partial charge >= 0.3 is 0 Å². The van der Waals surface area contributed by atoms with Gasteiger partial charge in [0.2, 0.25) is 0 Å². The molecular weight excluding hydrogens is 302 g/mol. The number of aromatic nitrogens is 2. The summed E-state index contributed by atoms with van der Waals surface area (Å²) in [5, 5.41) is 7.33. The van der Waals surface area contributed by atoms with Crippen LogP contribution >= 0.6 is 0 Å². The van der Waals surface area contributed by atoms with Crippen LogP contribution in [0.3, 0.4) is 0 Å². The van der Waals surface area contributed by atoms with Crippen LogP contribution in [-0.4, -0.2) is 21.7 Å². The molecule has 1 aliphatic rings. The average Bonchev–Trinajstić information content (AvgIpc) is 2.60. The average molecular weight is 325 g/mol. The molecule has 0 spiro atoms. The van der Waals surface area contributed by atoms with Gasteiger partial charge < -0.3 is 5.32 Å². The van der Waals surface area contributed by atoms with Gasteiger partial charge in [-0.3, -0.25) is 9.59 Å². The highest BCUT2D eigenvalue weighted by atomic mass is 16.2. The van der Waals surface area contributed by atoms with Gasteiger partial charge in [-0.15, -0.1) is 0 Å². The Hall–Kier alpha value is -2.43. The first-order valence-corrected chi connectivity index (χ1v) is 8.56. The Balaban J connectivity index is 1.75. The van der Waals surface area contributed by atoms with Crippen molar-refractivity contribution in [2.45, 2.75) is 45.2 Å². The summed E-state index contributed by atoms with van der Waals surface area (Å²) in [6, 6.07) is 12.7. The number of carbonyl (C=O) groups excluding carboxylic acids is 1. The van der Waals surface area contributed by atoms with Crippen molar-refractivity contribution < 1.29 is 4.79 Å². The van der Waals surface area contributed by atoms with Crippen LogP contribution in [0.4, 0.5) is 0 Å². The van der Waals surface area contributed by atoms with Gasteiger partial charge in [0.25, 0.3) is 11.5 Å². The lowest BCUT2D eigenvalue weighted by atomic mass is 9.86. The van der Waals surface area contributed by atoms with Gasteiger partial charge in [0.15, 0.2) is 0 Å².